The summed E-state index contributed by atoms with van der Waals surface area (Å²) in [6.45, 7) is 0.196. The highest BCUT2D eigenvalue weighted by atomic mass is 79.9. The van der Waals surface area contributed by atoms with Gasteiger partial charge in [0.1, 0.15) is 11.4 Å². The van der Waals surface area contributed by atoms with E-state index in [-0.39, 0.29) is 28.1 Å². The van der Waals surface area contributed by atoms with Crippen molar-refractivity contribution in [2.24, 2.45) is 0 Å². The zero-order valence-electron chi connectivity index (χ0n) is 17.4. The molecule has 0 aliphatic carbocycles. The predicted molar refractivity (Wildman–Crippen MR) is 122 cm³/mol. The van der Waals surface area contributed by atoms with E-state index in [9.17, 15) is 31.5 Å². The van der Waals surface area contributed by atoms with E-state index in [0.717, 1.165) is 18.4 Å². The van der Waals surface area contributed by atoms with Crippen LogP contribution in [0.1, 0.15) is 21.7 Å². The third-order valence-corrected chi connectivity index (χ3v) is 6.27. The summed E-state index contributed by atoms with van der Waals surface area (Å²) in [4.78, 5) is 23.1. The van der Waals surface area contributed by atoms with Crippen LogP contribution in [0, 0.1) is 0 Å². The molecular formula is C21H16BrF3N4O4S. The molecular weight excluding hydrogens is 541 g/mol. The molecule has 1 aliphatic rings. The average molecular weight is 557 g/mol. The quantitative estimate of drug-likeness (QED) is 0.465. The van der Waals surface area contributed by atoms with Crippen LogP contribution in [0.3, 0.4) is 0 Å². The number of halogens is 4. The molecule has 0 unspecified atom stereocenters. The van der Waals surface area contributed by atoms with Crippen LogP contribution >= 0.6 is 15.9 Å². The maximum absolute atomic E-state index is 13.1. The molecule has 1 aliphatic heterocycles. The Labute approximate surface area is 200 Å². The molecule has 0 bridgehead atoms. The molecule has 8 nitrogen and oxygen atoms in total. The summed E-state index contributed by atoms with van der Waals surface area (Å²) in [6, 6.07) is 7.25. The lowest BCUT2D eigenvalue weighted by Gasteiger charge is -2.28. The second-order valence-corrected chi connectivity index (χ2v) is 10.1. The summed E-state index contributed by atoms with van der Waals surface area (Å²) < 4.78 is 64.2. The molecule has 3 aromatic rings. The normalized spacial score (nSPS) is 14.1. The van der Waals surface area contributed by atoms with Gasteiger partial charge in [-0.05, 0) is 30.3 Å². The maximum Gasteiger partial charge on any atom is 0.416 e. The summed E-state index contributed by atoms with van der Waals surface area (Å²) in [7, 11) is -3.66. The van der Waals surface area contributed by atoms with E-state index in [1.165, 1.54) is 35.4 Å². The van der Waals surface area contributed by atoms with E-state index in [2.05, 4.69) is 30.6 Å². The number of aromatic hydroxyl groups is 1. The van der Waals surface area contributed by atoms with Crippen molar-refractivity contribution >= 4 is 43.2 Å². The van der Waals surface area contributed by atoms with Crippen molar-refractivity contribution in [1.29, 1.82) is 0 Å². The van der Waals surface area contributed by atoms with Gasteiger partial charge >= 0.3 is 6.18 Å². The minimum absolute atomic E-state index is 0.0729. The second-order valence-electron chi connectivity index (χ2n) is 7.53. The van der Waals surface area contributed by atoms with Crippen molar-refractivity contribution in [1.82, 2.24) is 9.97 Å². The lowest BCUT2D eigenvalue weighted by Crippen LogP contribution is -2.39. The van der Waals surface area contributed by atoms with Crippen LogP contribution in [-0.4, -0.2) is 42.2 Å². The van der Waals surface area contributed by atoms with Crippen LogP contribution in [0.4, 0.5) is 24.5 Å². The molecule has 4 rings (SSSR count). The van der Waals surface area contributed by atoms with Gasteiger partial charge in [0, 0.05) is 28.7 Å². The number of rotatable bonds is 4. The SMILES string of the molecule is CS(=O)(=O)Nc1cc(N2CCc3nc(-c4ccc(C(F)(F)F)cc4Br)cnc3C2=O)ccc1O. The average Bonchev–Trinajstić information content (AvgIpc) is 2.74. The van der Waals surface area contributed by atoms with Crippen LogP contribution in [0.25, 0.3) is 11.3 Å². The Balaban J connectivity index is 1.64. The first kappa shape index (κ1) is 24.0. The first-order valence-corrected chi connectivity index (χ1v) is 12.4. The molecule has 2 heterocycles. The molecule has 34 heavy (non-hydrogen) atoms. The number of anilines is 2. The second kappa shape index (κ2) is 8.55. The number of fused-ring (bicyclic) bond motifs is 1. The number of amides is 1. The standard InChI is InChI=1S/C21H16BrF3N4O4S/c1-34(32,33)28-16-9-12(3-5-18(16)30)29-7-6-15-19(20(29)31)26-10-17(27-15)13-4-2-11(8-14(13)22)21(23,24)25/h2-5,8-10,28,30H,6-7H2,1H3. The third kappa shape index (κ3) is 4.85. The highest BCUT2D eigenvalue weighted by Crippen LogP contribution is 2.36. The van der Waals surface area contributed by atoms with Crippen LogP contribution in [0.2, 0.25) is 0 Å². The number of phenols is 1. The fourth-order valence-electron chi connectivity index (χ4n) is 3.48. The smallest absolute Gasteiger partial charge is 0.416 e. The number of phenolic OH excluding ortho intramolecular Hbond substituents is 1. The Kier molecular flexibility index (Phi) is 6.02. The summed E-state index contributed by atoms with van der Waals surface area (Å²) >= 11 is 3.15. The van der Waals surface area contributed by atoms with Gasteiger partial charge < -0.3 is 10.0 Å². The number of nitrogens with one attached hydrogen (secondary N) is 1. The van der Waals surface area contributed by atoms with Crippen molar-refractivity contribution in [3.05, 3.63) is 64.0 Å². The fraction of sp³-hybridized carbons (Fsp3) is 0.190. The van der Waals surface area contributed by atoms with Gasteiger partial charge in [-0.15, -0.1) is 0 Å². The van der Waals surface area contributed by atoms with E-state index in [0.29, 0.717) is 29.1 Å². The van der Waals surface area contributed by atoms with Gasteiger partial charge in [-0.25, -0.2) is 18.4 Å². The van der Waals surface area contributed by atoms with Gasteiger partial charge in [0.05, 0.1) is 35.1 Å². The highest BCUT2D eigenvalue weighted by Gasteiger charge is 2.32. The largest absolute Gasteiger partial charge is 0.506 e. The summed E-state index contributed by atoms with van der Waals surface area (Å²) in [6.07, 6.45) is -1.94. The van der Waals surface area contributed by atoms with Crippen LogP contribution in [-0.2, 0) is 22.6 Å². The Morgan fingerprint density at radius 1 is 1.18 bits per heavy atom. The maximum atomic E-state index is 13.1. The third-order valence-electron chi connectivity index (χ3n) is 5.02. The monoisotopic (exact) mass is 556 g/mol. The Hall–Kier alpha value is -3.19. The molecule has 0 atom stereocenters. The number of hydrogen-bond acceptors (Lipinski definition) is 6. The van der Waals surface area contributed by atoms with Gasteiger partial charge in [-0.1, -0.05) is 22.0 Å². The lowest BCUT2D eigenvalue weighted by atomic mass is 10.1. The first-order valence-electron chi connectivity index (χ1n) is 9.69. The highest BCUT2D eigenvalue weighted by molar-refractivity contribution is 9.10. The fourth-order valence-corrected chi connectivity index (χ4v) is 4.62. The summed E-state index contributed by atoms with van der Waals surface area (Å²) in [5.41, 5.74) is 0.627. The van der Waals surface area contributed by atoms with E-state index in [1.54, 1.807) is 0 Å². The molecule has 178 valence electrons. The van der Waals surface area contributed by atoms with E-state index >= 15 is 0 Å². The van der Waals surface area contributed by atoms with Crippen molar-refractivity contribution in [3.8, 4) is 17.0 Å². The number of hydrogen-bond donors (Lipinski definition) is 2. The van der Waals surface area contributed by atoms with Crippen LogP contribution in [0.5, 0.6) is 5.75 Å². The minimum atomic E-state index is -4.48. The number of carbonyl (C=O) groups is 1. The molecule has 2 aromatic carbocycles. The summed E-state index contributed by atoms with van der Waals surface area (Å²) in [5, 5.41) is 9.92. The van der Waals surface area contributed by atoms with E-state index in [4.69, 9.17) is 0 Å². The number of alkyl halides is 3. The van der Waals surface area contributed by atoms with Crippen molar-refractivity contribution in [3.63, 3.8) is 0 Å². The number of aromatic nitrogens is 2. The lowest BCUT2D eigenvalue weighted by molar-refractivity contribution is -0.137. The zero-order chi connectivity index (χ0) is 24.8. The number of nitrogens with zero attached hydrogens (tertiary/aromatic N) is 3. The molecule has 2 N–H and O–H groups in total. The van der Waals surface area contributed by atoms with Gasteiger partial charge in [-0.2, -0.15) is 13.2 Å². The van der Waals surface area contributed by atoms with Gasteiger partial charge in [0.25, 0.3) is 5.91 Å². The molecule has 0 fully saturated rings. The topological polar surface area (TPSA) is 112 Å². The molecule has 1 aromatic heterocycles. The number of benzene rings is 2. The van der Waals surface area contributed by atoms with Crippen molar-refractivity contribution in [2.75, 3.05) is 22.4 Å². The molecule has 13 heteroatoms. The summed E-state index contributed by atoms with van der Waals surface area (Å²) in [5.74, 6) is -0.784. The molecule has 0 radical (unpaired) electrons. The number of carbonyl (C=O) groups excluding carboxylic acids is 1. The zero-order valence-corrected chi connectivity index (χ0v) is 19.8. The Bertz CT molecular complexity index is 1410. The molecule has 0 spiro atoms. The van der Waals surface area contributed by atoms with Gasteiger partial charge in [0.2, 0.25) is 10.0 Å². The van der Waals surface area contributed by atoms with Crippen LogP contribution in [0.15, 0.2) is 47.1 Å². The predicted octanol–water partition coefficient (Wildman–Crippen LogP) is 4.20. The molecule has 0 saturated carbocycles. The van der Waals surface area contributed by atoms with E-state index < -0.39 is 27.7 Å². The Morgan fingerprint density at radius 3 is 2.56 bits per heavy atom. The molecule has 0 saturated heterocycles. The first-order chi connectivity index (χ1) is 15.8. The Morgan fingerprint density at radius 2 is 1.91 bits per heavy atom. The van der Waals surface area contributed by atoms with E-state index in [1.807, 2.05) is 0 Å². The van der Waals surface area contributed by atoms with Gasteiger partial charge in [-0.3, -0.25) is 9.52 Å². The minimum Gasteiger partial charge on any atom is -0.506 e. The van der Waals surface area contributed by atoms with Crippen molar-refractivity contribution in [2.45, 2.75) is 12.6 Å². The van der Waals surface area contributed by atoms with Crippen molar-refractivity contribution < 1.29 is 31.5 Å². The molecule has 1 amide bonds. The number of sulfonamides is 1. The van der Waals surface area contributed by atoms with Crippen LogP contribution < -0.4 is 9.62 Å². The van der Waals surface area contributed by atoms with Gasteiger partial charge in [0.15, 0.2) is 0 Å².